The number of rotatable bonds is 8. The first-order valence-electron chi connectivity index (χ1n) is 7.10. The molecule has 1 aromatic heterocycles. The lowest BCUT2D eigenvalue weighted by Crippen LogP contribution is -2.10. The largest absolute Gasteiger partial charge is 0.382 e. The van der Waals surface area contributed by atoms with Crippen LogP contribution >= 0.6 is 0 Å². The van der Waals surface area contributed by atoms with E-state index in [0.29, 0.717) is 25.6 Å². The Hall–Kier alpha value is -1.99. The van der Waals surface area contributed by atoms with Crippen LogP contribution < -0.4 is 5.32 Å². The highest BCUT2D eigenvalue weighted by Crippen LogP contribution is 2.18. The van der Waals surface area contributed by atoms with Gasteiger partial charge in [0.1, 0.15) is 5.82 Å². The van der Waals surface area contributed by atoms with E-state index in [1.807, 2.05) is 6.92 Å². The summed E-state index contributed by atoms with van der Waals surface area (Å²) in [4.78, 5) is 0.210. The Morgan fingerprint density at radius 1 is 1.09 bits per heavy atom. The van der Waals surface area contributed by atoms with Crippen molar-refractivity contribution >= 4 is 15.7 Å². The molecule has 118 valence electrons. The average Bonchev–Trinajstić information content (AvgIpc) is 2.56. The highest BCUT2D eigenvalue weighted by Gasteiger charge is 2.19. The van der Waals surface area contributed by atoms with Crippen LogP contribution in [-0.4, -0.2) is 38.4 Å². The molecule has 0 fully saturated rings. The van der Waals surface area contributed by atoms with Gasteiger partial charge in [0, 0.05) is 19.8 Å². The molecule has 0 amide bonds. The number of aromatic nitrogens is 2. The standard InChI is InChI=1S/C15H19N3O3S/c1-2-21-12-6-11-16-14-9-10-15(18-17-14)22(19,20)13-7-4-3-5-8-13/h3-5,7-10H,2,6,11-12H2,1H3,(H,16,17). The zero-order valence-corrected chi connectivity index (χ0v) is 13.2. The minimum atomic E-state index is -3.61. The molecule has 0 unspecified atom stereocenters. The van der Waals surface area contributed by atoms with Crippen molar-refractivity contribution in [2.24, 2.45) is 0 Å². The molecule has 0 radical (unpaired) electrons. The molecule has 0 atom stereocenters. The Balaban J connectivity index is 2.00. The lowest BCUT2D eigenvalue weighted by molar-refractivity contribution is 0.147. The van der Waals surface area contributed by atoms with Crippen LogP contribution in [0.15, 0.2) is 52.4 Å². The second-order valence-corrected chi connectivity index (χ2v) is 6.45. The van der Waals surface area contributed by atoms with Crippen LogP contribution in [0, 0.1) is 0 Å². The second kappa shape index (κ2) is 7.86. The summed E-state index contributed by atoms with van der Waals surface area (Å²) < 4.78 is 29.9. The minimum absolute atomic E-state index is 0.0569. The SMILES string of the molecule is CCOCCCNc1ccc(S(=O)(=O)c2ccccc2)nn1. The van der Waals surface area contributed by atoms with E-state index >= 15 is 0 Å². The van der Waals surface area contributed by atoms with Crippen LogP contribution in [0.4, 0.5) is 5.82 Å². The first kappa shape index (κ1) is 16.4. The van der Waals surface area contributed by atoms with E-state index in [1.54, 1.807) is 24.3 Å². The Kier molecular flexibility index (Phi) is 5.85. The second-order valence-electron chi connectivity index (χ2n) is 4.55. The molecule has 2 rings (SSSR count). The zero-order chi connectivity index (χ0) is 15.8. The molecule has 0 saturated heterocycles. The number of ether oxygens (including phenoxy) is 1. The van der Waals surface area contributed by atoms with Gasteiger partial charge in [-0.2, -0.15) is 0 Å². The summed E-state index contributed by atoms with van der Waals surface area (Å²) in [6, 6.07) is 11.3. The molecule has 1 heterocycles. The lowest BCUT2D eigenvalue weighted by Gasteiger charge is -2.06. The van der Waals surface area contributed by atoms with Crippen LogP contribution in [0.1, 0.15) is 13.3 Å². The van der Waals surface area contributed by atoms with Gasteiger partial charge in [-0.3, -0.25) is 0 Å². The molecule has 0 aliphatic carbocycles. The zero-order valence-electron chi connectivity index (χ0n) is 12.4. The summed E-state index contributed by atoms with van der Waals surface area (Å²) in [6.07, 6.45) is 0.847. The number of anilines is 1. The number of nitrogens with one attached hydrogen (secondary N) is 1. The molecule has 0 bridgehead atoms. The van der Waals surface area contributed by atoms with Gasteiger partial charge >= 0.3 is 0 Å². The third-order valence-corrected chi connectivity index (χ3v) is 4.61. The van der Waals surface area contributed by atoms with Gasteiger partial charge in [0.05, 0.1) is 4.90 Å². The van der Waals surface area contributed by atoms with Gasteiger partial charge < -0.3 is 10.1 Å². The smallest absolute Gasteiger partial charge is 0.225 e. The number of benzene rings is 1. The summed E-state index contributed by atoms with van der Waals surface area (Å²) in [5, 5.41) is 10.7. The molecule has 0 spiro atoms. The monoisotopic (exact) mass is 321 g/mol. The summed E-state index contributed by atoms with van der Waals surface area (Å²) >= 11 is 0. The van der Waals surface area contributed by atoms with Gasteiger partial charge in [0.2, 0.25) is 9.84 Å². The maximum absolute atomic E-state index is 12.3. The van der Waals surface area contributed by atoms with Crippen LogP contribution in [0.5, 0.6) is 0 Å². The summed E-state index contributed by atoms with van der Waals surface area (Å²) in [6.45, 7) is 4.02. The van der Waals surface area contributed by atoms with E-state index in [0.717, 1.165) is 6.42 Å². The van der Waals surface area contributed by atoms with Gasteiger partial charge in [-0.05, 0) is 37.6 Å². The van der Waals surface area contributed by atoms with Crippen molar-refractivity contribution in [2.45, 2.75) is 23.3 Å². The van der Waals surface area contributed by atoms with E-state index in [1.165, 1.54) is 18.2 Å². The van der Waals surface area contributed by atoms with Crippen LogP contribution in [0.3, 0.4) is 0 Å². The molecule has 1 aromatic carbocycles. The summed E-state index contributed by atoms with van der Waals surface area (Å²) in [5.41, 5.74) is 0. The maximum Gasteiger partial charge on any atom is 0.225 e. The topological polar surface area (TPSA) is 81.2 Å². The highest BCUT2D eigenvalue weighted by molar-refractivity contribution is 7.91. The molecule has 22 heavy (non-hydrogen) atoms. The van der Waals surface area contributed by atoms with E-state index in [-0.39, 0.29) is 9.92 Å². The number of nitrogens with zero attached hydrogens (tertiary/aromatic N) is 2. The quantitative estimate of drug-likeness (QED) is 0.750. The molecular formula is C15H19N3O3S. The van der Waals surface area contributed by atoms with Gasteiger partial charge in [-0.1, -0.05) is 18.2 Å². The van der Waals surface area contributed by atoms with Gasteiger partial charge in [-0.15, -0.1) is 10.2 Å². The third-order valence-electron chi connectivity index (χ3n) is 2.94. The van der Waals surface area contributed by atoms with E-state index in [4.69, 9.17) is 4.74 Å². The van der Waals surface area contributed by atoms with Gasteiger partial charge in [0.25, 0.3) is 0 Å². The Morgan fingerprint density at radius 3 is 2.50 bits per heavy atom. The molecule has 6 nitrogen and oxygen atoms in total. The summed E-state index contributed by atoms with van der Waals surface area (Å²) in [7, 11) is -3.61. The van der Waals surface area contributed by atoms with Crippen LogP contribution in [0.25, 0.3) is 0 Å². The van der Waals surface area contributed by atoms with Crippen LogP contribution in [-0.2, 0) is 14.6 Å². The van der Waals surface area contributed by atoms with Gasteiger partial charge in [-0.25, -0.2) is 8.42 Å². The fourth-order valence-electron chi connectivity index (χ4n) is 1.81. The third kappa shape index (κ3) is 4.25. The Morgan fingerprint density at radius 2 is 1.86 bits per heavy atom. The number of hydrogen-bond acceptors (Lipinski definition) is 6. The Labute approximate surface area is 130 Å². The highest BCUT2D eigenvalue weighted by atomic mass is 32.2. The van der Waals surface area contributed by atoms with Crippen molar-refractivity contribution < 1.29 is 13.2 Å². The normalized spacial score (nSPS) is 11.3. The van der Waals surface area contributed by atoms with Crippen molar-refractivity contribution in [3.8, 4) is 0 Å². The molecule has 0 aliphatic rings. The molecule has 1 N–H and O–H groups in total. The van der Waals surface area contributed by atoms with E-state index < -0.39 is 9.84 Å². The number of sulfone groups is 1. The predicted octanol–water partition coefficient (Wildman–Crippen LogP) is 2.15. The van der Waals surface area contributed by atoms with Crippen molar-refractivity contribution in [3.63, 3.8) is 0 Å². The van der Waals surface area contributed by atoms with Gasteiger partial charge in [0.15, 0.2) is 5.03 Å². The van der Waals surface area contributed by atoms with Crippen molar-refractivity contribution in [1.29, 1.82) is 0 Å². The first-order valence-corrected chi connectivity index (χ1v) is 8.58. The molecule has 0 aliphatic heterocycles. The van der Waals surface area contributed by atoms with Crippen molar-refractivity contribution in [1.82, 2.24) is 10.2 Å². The average molecular weight is 321 g/mol. The van der Waals surface area contributed by atoms with E-state index in [2.05, 4.69) is 15.5 Å². The first-order chi connectivity index (χ1) is 10.6. The molecular weight excluding hydrogens is 302 g/mol. The minimum Gasteiger partial charge on any atom is -0.382 e. The van der Waals surface area contributed by atoms with Crippen molar-refractivity contribution in [3.05, 3.63) is 42.5 Å². The lowest BCUT2D eigenvalue weighted by atomic mass is 10.4. The van der Waals surface area contributed by atoms with Crippen molar-refractivity contribution in [2.75, 3.05) is 25.1 Å². The number of hydrogen-bond donors (Lipinski definition) is 1. The molecule has 2 aromatic rings. The maximum atomic E-state index is 12.3. The van der Waals surface area contributed by atoms with E-state index in [9.17, 15) is 8.42 Å². The Bertz CT molecular complexity index is 673. The van der Waals surface area contributed by atoms with Crippen LogP contribution in [0.2, 0.25) is 0 Å². The molecule has 0 saturated carbocycles. The summed E-state index contributed by atoms with van der Waals surface area (Å²) in [5.74, 6) is 0.545. The predicted molar refractivity (Wildman–Crippen MR) is 83.5 cm³/mol. The molecule has 7 heteroatoms. The fraction of sp³-hybridized carbons (Fsp3) is 0.333. The fourth-order valence-corrected chi connectivity index (χ4v) is 2.97.